The van der Waals surface area contributed by atoms with Crippen LogP contribution in [-0.2, 0) is 20.0 Å². The molecule has 1 aromatic rings. The first-order valence-corrected chi connectivity index (χ1v) is 9.45. The van der Waals surface area contributed by atoms with E-state index in [9.17, 15) is 16.8 Å². The van der Waals surface area contributed by atoms with Crippen LogP contribution in [-0.4, -0.2) is 41.2 Å². The highest BCUT2D eigenvalue weighted by atomic mass is 32.2. The Balaban J connectivity index is 2.91. The van der Waals surface area contributed by atoms with Gasteiger partial charge in [0.25, 0.3) is 0 Å². The molecule has 0 saturated heterocycles. The van der Waals surface area contributed by atoms with Crippen LogP contribution in [0.15, 0.2) is 23.1 Å². The predicted octanol–water partition coefficient (Wildman–Crippen LogP) is -0.543. The van der Waals surface area contributed by atoms with Crippen molar-refractivity contribution in [3.8, 4) is 0 Å². The maximum Gasteiger partial charge on any atom is 0.240 e. The van der Waals surface area contributed by atoms with Gasteiger partial charge in [-0.15, -0.1) is 0 Å². The number of rotatable bonds is 7. The van der Waals surface area contributed by atoms with Crippen molar-refractivity contribution in [2.75, 3.05) is 19.3 Å². The fraction of sp³-hybridized carbons (Fsp3) is 0.364. The van der Waals surface area contributed by atoms with Crippen molar-refractivity contribution in [1.29, 1.82) is 0 Å². The number of thiocarbonyl (C=S) groups is 1. The highest BCUT2D eigenvalue weighted by Gasteiger charge is 2.18. The molecule has 1 aromatic carbocycles. The summed E-state index contributed by atoms with van der Waals surface area (Å²) in [6, 6.07) is 4.47. The molecular formula is C11H17N3O4S3. The number of nitrogens with two attached hydrogens (primary N) is 1. The lowest BCUT2D eigenvalue weighted by Gasteiger charge is -2.10. The lowest BCUT2D eigenvalue weighted by Crippen LogP contribution is -2.33. The van der Waals surface area contributed by atoms with Crippen molar-refractivity contribution in [3.05, 3.63) is 29.3 Å². The minimum Gasteiger partial charge on any atom is -0.389 e. The molecule has 0 unspecified atom stereocenters. The van der Waals surface area contributed by atoms with Crippen molar-refractivity contribution in [1.82, 2.24) is 9.44 Å². The zero-order valence-corrected chi connectivity index (χ0v) is 14.0. The third-order valence-corrected chi connectivity index (χ3v) is 5.94. The second kappa shape index (κ2) is 6.79. The zero-order chi connectivity index (χ0) is 16.3. The molecule has 0 amide bonds. The van der Waals surface area contributed by atoms with E-state index >= 15 is 0 Å². The fourth-order valence-electron chi connectivity index (χ4n) is 1.59. The Morgan fingerprint density at radius 3 is 2.38 bits per heavy atom. The van der Waals surface area contributed by atoms with Crippen LogP contribution < -0.4 is 15.2 Å². The number of nitrogens with one attached hydrogen (secondary N) is 2. The van der Waals surface area contributed by atoms with E-state index in [4.69, 9.17) is 18.0 Å². The van der Waals surface area contributed by atoms with Crippen molar-refractivity contribution in [2.45, 2.75) is 11.8 Å². The Hall–Kier alpha value is -1.07. The average molecular weight is 351 g/mol. The molecule has 10 heteroatoms. The smallest absolute Gasteiger partial charge is 0.240 e. The fourth-order valence-corrected chi connectivity index (χ4v) is 3.68. The molecule has 0 atom stereocenters. The molecule has 0 fully saturated rings. The van der Waals surface area contributed by atoms with Crippen molar-refractivity contribution < 1.29 is 16.8 Å². The van der Waals surface area contributed by atoms with Crippen molar-refractivity contribution in [3.63, 3.8) is 0 Å². The number of aryl methyl sites for hydroxylation is 1. The van der Waals surface area contributed by atoms with Crippen LogP contribution in [0.2, 0.25) is 0 Å². The highest BCUT2D eigenvalue weighted by Crippen LogP contribution is 2.16. The van der Waals surface area contributed by atoms with E-state index in [0.29, 0.717) is 11.1 Å². The van der Waals surface area contributed by atoms with Gasteiger partial charge in [0.05, 0.1) is 10.6 Å². The van der Waals surface area contributed by atoms with E-state index in [-0.39, 0.29) is 22.2 Å². The van der Waals surface area contributed by atoms with Crippen LogP contribution >= 0.6 is 12.2 Å². The lowest BCUT2D eigenvalue weighted by molar-refractivity contribution is 0.578. The summed E-state index contributed by atoms with van der Waals surface area (Å²) in [5.41, 5.74) is 6.52. The summed E-state index contributed by atoms with van der Waals surface area (Å²) in [5.74, 6) is -0.341. The summed E-state index contributed by atoms with van der Waals surface area (Å²) in [7, 11) is -5.99. The van der Waals surface area contributed by atoms with E-state index in [1.165, 1.54) is 19.2 Å². The second-order valence-electron chi connectivity index (χ2n) is 4.27. The third kappa shape index (κ3) is 5.00. The van der Waals surface area contributed by atoms with E-state index < -0.39 is 20.0 Å². The molecule has 21 heavy (non-hydrogen) atoms. The maximum atomic E-state index is 12.1. The number of sulfonamides is 2. The van der Waals surface area contributed by atoms with Gasteiger partial charge in [-0.25, -0.2) is 26.3 Å². The lowest BCUT2D eigenvalue weighted by atomic mass is 10.1. The molecule has 1 rings (SSSR count). The molecule has 0 aliphatic heterocycles. The van der Waals surface area contributed by atoms with Gasteiger partial charge in [0.2, 0.25) is 20.0 Å². The second-order valence-corrected chi connectivity index (χ2v) is 8.49. The first-order valence-electron chi connectivity index (χ1n) is 5.90. The molecule has 0 saturated carbocycles. The summed E-state index contributed by atoms with van der Waals surface area (Å²) >= 11 is 4.82. The van der Waals surface area contributed by atoms with E-state index in [1.54, 1.807) is 13.0 Å². The van der Waals surface area contributed by atoms with Gasteiger partial charge in [-0.2, -0.15) is 0 Å². The molecule has 118 valence electrons. The zero-order valence-electron chi connectivity index (χ0n) is 11.6. The highest BCUT2D eigenvalue weighted by molar-refractivity contribution is 7.90. The van der Waals surface area contributed by atoms with Crippen molar-refractivity contribution in [2.24, 2.45) is 5.73 Å². The molecule has 0 aliphatic rings. The van der Waals surface area contributed by atoms with E-state index in [2.05, 4.69) is 9.44 Å². The first kappa shape index (κ1) is 18.0. The van der Waals surface area contributed by atoms with Gasteiger partial charge in [-0.1, -0.05) is 18.3 Å². The van der Waals surface area contributed by atoms with Crippen LogP contribution in [0, 0.1) is 6.92 Å². The number of hydrogen-bond acceptors (Lipinski definition) is 5. The van der Waals surface area contributed by atoms with Crippen LogP contribution in [0.25, 0.3) is 0 Å². The average Bonchev–Trinajstić information content (AvgIpc) is 2.37. The number of benzene rings is 1. The van der Waals surface area contributed by atoms with E-state index in [0.717, 1.165) is 0 Å². The molecule has 0 heterocycles. The summed E-state index contributed by atoms with van der Waals surface area (Å²) in [6.07, 6.45) is 0. The van der Waals surface area contributed by atoms with Gasteiger partial charge in [-0.05, 0) is 31.7 Å². The van der Waals surface area contributed by atoms with Crippen molar-refractivity contribution >= 4 is 37.3 Å². The molecule has 0 spiro atoms. The molecular weight excluding hydrogens is 334 g/mol. The third-order valence-electron chi connectivity index (χ3n) is 2.72. The van der Waals surface area contributed by atoms with Crippen LogP contribution in [0.5, 0.6) is 0 Å². The Kier molecular flexibility index (Phi) is 5.82. The first-order chi connectivity index (χ1) is 9.59. The van der Waals surface area contributed by atoms with Gasteiger partial charge < -0.3 is 5.73 Å². The standard InChI is InChI=1S/C11H17N3O4S3/c1-8-7-9(11(12)19)3-4-10(8)21(17,18)14-5-6-20(15,16)13-2/h3-4,7,13-14H,5-6H2,1-2H3,(H2,12,19). The van der Waals surface area contributed by atoms with Gasteiger partial charge in [0.15, 0.2) is 0 Å². The Morgan fingerprint density at radius 2 is 1.90 bits per heavy atom. The maximum absolute atomic E-state index is 12.1. The van der Waals surface area contributed by atoms with Gasteiger partial charge in [0, 0.05) is 12.1 Å². The Morgan fingerprint density at radius 1 is 1.29 bits per heavy atom. The predicted molar refractivity (Wildman–Crippen MR) is 85.1 cm³/mol. The topological polar surface area (TPSA) is 118 Å². The van der Waals surface area contributed by atoms with E-state index in [1.807, 2.05) is 0 Å². The molecule has 0 aromatic heterocycles. The molecule has 0 bridgehead atoms. The van der Waals surface area contributed by atoms with Gasteiger partial charge >= 0.3 is 0 Å². The van der Waals surface area contributed by atoms with Gasteiger partial charge in [-0.3, -0.25) is 0 Å². The summed E-state index contributed by atoms with van der Waals surface area (Å²) in [6.45, 7) is 1.39. The van der Waals surface area contributed by atoms with Crippen LogP contribution in [0.3, 0.4) is 0 Å². The Bertz CT molecular complexity index is 742. The van der Waals surface area contributed by atoms with Crippen LogP contribution in [0.4, 0.5) is 0 Å². The van der Waals surface area contributed by atoms with Gasteiger partial charge in [0.1, 0.15) is 4.99 Å². The minimum atomic E-state index is -3.79. The molecule has 0 aliphatic carbocycles. The van der Waals surface area contributed by atoms with Crippen LogP contribution in [0.1, 0.15) is 11.1 Å². The molecule has 7 nitrogen and oxygen atoms in total. The molecule has 4 N–H and O–H groups in total. The summed E-state index contributed by atoms with van der Waals surface area (Å²) < 4.78 is 51.1. The quantitative estimate of drug-likeness (QED) is 0.568. The summed E-state index contributed by atoms with van der Waals surface area (Å²) in [4.78, 5) is 0.236. The summed E-state index contributed by atoms with van der Waals surface area (Å²) in [5, 5.41) is 0. The monoisotopic (exact) mass is 351 g/mol. The SMILES string of the molecule is CNS(=O)(=O)CCNS(=O)(=O)c1ccc(C(N)=S)cc1C. The minimum absolute atomic E-state index is 0.0596. The Labute approximate surface area is 130 Å². The molecule has 0 radical (unpaired) electrons. The normalized spacial score (nSPS) is 12.3. The largest absolute Gasteiger partial charge is 0.389 e. The number of hydrogen-bond donors (Lipinski definition) is 3.